The number of carbonyl (C=O) groups is 1. The van der Waals surface area contributed by atoms with Gasteiger partial charge in [-0.05, 0) is 48.0 Å². The first-order valence-corrected chi connectivity index (χ1v) is 9.70. The minimum absolute atomic E-state index is 0.0970. The normalized spacial score (nSPS) is 11.5. The number of alkyl halides is 3. The smallest absolute Gasteiger partial charge is 0.310 e. The standard InChI is InChI=1S/C24H18F3N3O2/c1-15-12-21(31)22(28-30(15)20-9-5-8-18(14-20)24(25,26)27)23(32)29(2)19-11-10-16-6-3-4-7-17(16)13-19/h3-14H,1-2H3. The molecule has 0 radical (unpaired) electrons. The molecule has 1 heterocycles. The van der Waals surface area contributed by atoms with Crippen molar-refractivity contribution in [2.24, 2.45) is 0 Å². The van der Waals surface area contributed by atoms with Crippen molar-refractivity contribution in [2.75, 3.05) is 11.9 Å². The van der Waals surface area contributed by atoms with Crippen LogP contribution in [0.2, 0.25) is 0 Å². The first-order valence-electron chi connectivity index (χ1n) is 9.70. The second kappa shape index (κ2) is 7.96. The van der Waals surface area contributed by atoms with Crippen molar-refractivity contribution in [2.45, 2.75) is 13.1 Å². The average molecular weight is 437 g/mol. The van der Waals surface area contributed by atoms with Gasteiger partial charge < -0.3 is 4.90 Å². The molecule has 0 fully saturated rings. The number of carbonyl (C=O) groups excluding carboxylic acids is 1. The van der Waals surface area contributed by atoms with E-state index in [9.17, 15) is 22.8 Å². The van der Waals surface area contributed by atoms with Gasteiger partial charge in [0.1, 0.15) is 0 Å². The molecule has 162 valence electrons. The second-order valence-electron chi connectivity index (χ2n) is 7.35. The van der Waals surface area contributed by atoms with Gasteiger partial charge in [0.25, 0.3) is 5.91 Å². The van der Waals surface area contributed by atoms with Crippen LogP contribution >= 0.6 is 0 Å². The van der Waals surface area contributed by atoms with Gasteiger partial charge in [-0.25, -0.2) is 4.68 Å². The lowest BCUT2D eigenvalue weighted by molar-refractivity contribution is -0.137. The summed E-state index contributed by atoms with van der Waals surface area (Å²) >= 11 is 0. The van der Waals surface area contributed by atoms with E-state index in [4.69, 9.17) is 0 Å². The van der Waals surface area contributed by atoms with E-state index in [1.165, 1.54) is 37.1 Å². The third kappa shape index (κ3) is 3.99. The summed E-state index contributed by atoms with van der Waals surface area (Å²) in [5.41, 5.74) is -0.886. The quantitative estimate of drug-likeness (QED) is 0.454. The number of nitrogens with zero attached hydrogens (tertiary/aromatic N) is 3. The van der Waals surface area contributed by atoms with Crippen LogP contribution in [0.25, 0.3) is 16.5 Å². The monoisotopic (exact) mass is 437 g/mol. The van der Waals surface area contributed by atoms with E-state index >= 15 is 0 Å². The average Bonchev–Trinajstić information content (AvgIpc) is 2.77. The summed E-state index contributed by atoms with van der Waals surface area (Å²) in [6, 6.07) is 18.8. The fourth-order valence-corrected chi connectivity index (χ4v) is 3.43. The van der Waals surface area contributed by atoms with Crippen molar-refractivity contribution in [3.05, 3.63) is 100.0 Å². The van der Waals surface area contributed by atoms with Crippen LogP contribution in [0.1, 0.15) is 21.7 Å². The molecule has 0 aliphatic carbocycles. The van der Waals surface area contributed by atoms with Gasteiger partial charge in [-0.1, -0.05) is 36.4 Å². The van der Waals surface area contributed by atoms with Gasteiger partial charge in [-0.3, -0.25) is 9.59 Å². The van der Waals surface area contributed by atoms with E-state index in [1.807, 2.05) is 36.4 Å². The highest BCUT2D eigenvalue weighted by molar-refractivity contribution is 6.05. The second-order valence-corrected chi connectivity index (χ2v) is 7.35. The molecule has 0 N–H and O–H groups in total. The maximum Gasteiger partial charge on any atom is 0.416 e. The van der Waals surface area contributed by atoms with Gasteiger partial charge in [0, 0.05) is 24.5 Å². The van der Waals surface area contributed by atoms with Gasteiger partial charge in [0.05, 0.1) is 11.3 Å². The molecule has 1 amide bonds. The molecule has 0 bridgehead atoms. The molecule has 4 rings (SSSR count). The Morgan fingerprint density at radius 3 is 2.38 bits per heavy atom. The molecule has 0 spiro atoms. The molecule has 0 saturated carbocycles. The first kappa shape index (κ1) is 21.3. The SMILES string of the molecule is Cc1cc(=O)c(C(=O)N(C)c2ccc3ccccc3c2)nn1-c1cccc(C(F)(F)F)c1. The number of aromatic nitrogens is 2. The molecule has 4 aromatic rings. The van der Waals surface area contributed by atoms with Gasteiger partial charge in [0.2, 0.25) is 5.43 Å². The molecule has 0 atom stereocenters. The summed E-state index contributed by atoms with van der Waals surface area (Å²) in [4.78, 5) is 26.9. The van der Waals surface area contributed by atoms with E-state index < -0.39 is 23.1 Å². The van der Waals surface area contributed by atoms with Crippen LogP contribution in [0.3, 0.4) is 0 Å². The van der Waals surface area contributed by atoms with E-state index in [0.29, 0.717) is 11.4 Å². The number of rotatable bonds is 3. The van der Waals surface area contributed by atoms with Crippen LogP contribution < -0.4 is 10.3 Å². The number of hydrogen-bond donors (Lipinski definition) is 0. The molecule has 5 nitrogen and oxygen atoms in total. The third-order valence-corrected chi connectivity index (χ3v) is 5.15. The molecule has 1 aromatic heterocycles. The van der Waals surface area contributed by atoms with Crippen molar-refractivity contribution < 1.29 is 18.0 Å². The number of hydrogen-bond acceptors (Lipinski definition) is 3. The number of aryl methyl sites for hydroxylation is 1. The van der Waals surface area contributed by atoms with Gasteiger partial charge in [0.15, 0.2) is 5.69 Å². The van der Waals surface area contributed by atoms with Crippen molar-refractivity contribution in [3.8, 4) is 5.69 Å². The van der Waals surface area contributed by atoms with Crippen LogP contribution in [0.5, 0.6) is 0 Å². The summed E-state index contributed by atoms with van der Waals surface area (Å²) in [6.45, 7) is 1.54. The largest absolute Gasteiger partial charge is 0.416 e. The number of fused-ring (bicyclic) bond motifs is 1. The van der Waals surface area contributed by atoms with Gasteiger partial charge in [-0.15, -0.1) is 0 Å². The zero-order chi connectivity index (χ0) is 23.0. The lowest BCUT2D eigenvalue weighted by Crippen LogP contribution is -2.33. The van der Waals surface area contributed by atoms with Crippen molar-refractivity contribution in [3.63, 3.8) is 0 Å². The van der Waals surface area contributed by atoms with Crippen molar-refractivity contribution in [1.29, 1.82) is 0 Å². The Morgan fingerprint density at radius 2 is 1.66 bits per heavy atom. The summed E-state index contributed by atoms with van der Waals surface area (Å²) in [5.74, 6) is -0.661. The number of amides is 1. The highest BCUT2D eigenvalue weighted by Crippen LogP contribution is 2.30. The fraction of sp³-hybridized carbons (Fsp3) is 0.125. The molecule has 0 unspecified atom stereocenters. The fourth-order valence-electron chi connectivity index (χ4n) is 3.43. The predicted octanol–water partition coefficient (Wildman–Crippen LogP) is 4.99. The zero-order valence-corrected chi connectivity index (χ0v) is 17.2. The summed E-state index contributed by atoms with van der Waals surface area (Å²) in [5, 5.41) is 6.04. The van der Waals surface area contributed by atoms with Gasteiger partial charge >= 0.3 is 6.18 Å². The third-order valence-electron chi connectivity index (χ3n) is 5.15. The number of anilines is 1. The Bertz CT molecular complexity index is 1390. The molecular formula is C24H18F3N3O2. The van der Waals surface area contributed by atoms with Crippen LogP contribution in [0, 0.1) is 6.92 Å². The summed E-state index contributed by atoms with van der Waals surface area (Å²) < 4.78 is 40.5. The van der Waals surface area contributed by atoms with Crippen LogP contribution in [-0.4, -0.2) is 22.7 Å². The zero-order valence-electron chi connectivity index (χ0n) is 17.2. The number of halogens is 3. The highest BCUT2D eigenvalue weighted by Gasteiger charge is 2.30. The van der Waals surface area contributed by atoms with E-state index in [-0.39, 0.29) is 11.4 Å². The maximum absolute atomic E-state index is 13.1. The van der Waals surface area contributed by atoms with Gasteiger partial charge in [-0.2, -0.15) is 18.3 Å². The van der Waals surface area contributed by atoms with Crippen LogP contribution in [0.4, 0.5) is 18.9 Å². The Kier molecular flexibility index (Phi) is 5.30. The van der Waals surface area contributed by atoms with E-state index in [1.54, 1.807) is 6.07 Å². The molecule has 0 aliphatic rings. The predicted molar refractivity (Wildman–Crippen MR) is 116 cm³/mol. The molecule has 8 heteroatoms. The molecule has 32 heavy (non-hydrogen) atoms. The Balaban J connectivity index is 1.75. The van der Waals surface area contributed by atoms with Crippen LogP contribution in [-0.2, 0) is 6.18 Å². The van der Waals surface area contributed by atoms with E-state index in [0.717, 1.165) is 27.6 Å². The molecule has 0 saturated heterocycles. The minimum atomic E-state index is -4.53. The maximum atomic E-state index is 13.1. The lowest BCUT2D eigenvalue weighted by Gasteiger charge is -2.19. The minimum Gasteiger partial charge on any atom is -0.310 e. The first-order chi connectivity index (χ1) is 15.1. The van der Waals surface area contributed by atoms with E-state index in [2.05, 4.69) is 5.10 Å². The molecule has 3 aromatic carbocycles. The molecule has 0 aliphatic heterocycles. The Hall–Kier alpha value is -3.94. The topological polar surface area (TPSA) is 55.2 Å². The van der Waals surface area contributed by atoms with Crippen molar-refractivity contribution >= 4 is 22.4 Å². The number of benzene rings is 3. The summed E-state index contributed by atoms with van der Waals surface area (Å²) in [6.07, 6.45) is -4.53. The van der Waals surface area contributed by atoms with Crippen molar-refractivity contribution in [1.82, 2.24) is 9.78 Å². The Labute approximate surface area is 181 Å². The van der Waals surface area contributed by atoms with Crippen LogP contribution in [0.15, 0.2) is 77.6 Å². The highest BCUT2D eigenvalue weighted by atomic mass is 19.4. The Morgan fingerprint density at radius 1 is 0.938 bits per heavy atom. The summed E-state index contributed by atoms with van der Waals surface area (Å²) in [7, 11) is 1.52. The lowest BCUT2D eigenvalue weighted by atomic mass is 10.1. The molecular weight excluding hydrogens is 419 g/mol.